The van der Waals surface area contributed by atoms with Gasteiger partial charge in [-0.05, 0) is 18.6 Å². The lowest BCUT2D eigenvalue weighted by molar-refractivity contribution is 0.373. The smallest absolute Gasteiger partial charge is 0.276 e. The van der Waals surface area contributed by atoms with Gasteiger partial charge in [0.15, 0.2) is 0 Å². The van der Waals surface area contributed by atoms with E-state index < -0.39 is 10.0 Å². The minimum atomic E-state index is -3.50. The van der Waals surface area contributed by atoms with Crippen LogP contribution in [0.25, 0.3) is 0 Å². The van der Waals surface area contributed by atoms with Crippen molar-refractivity contribution >= 4 is 33.4 Å². The number of sulfonamides is 1. The molecule has 1 aromatic rings. The van der Waals surface area contributed by atoms with Crippen LogP contribution in [0.1, 0.15) is 19.1 Å². The van der Waals surface area contributed by atoms with Crippen molar-refractivity contribution in [2.45, 2.75) is 29.6 Å². The molecule has 18 heavy (non-hydrogen) atoms. The Kier molecular flexibility index (Phi) is 4.64. The average Bonchev–Trinajstić information content (AvgIpc) is 2.88. The third kappa shape index (κ3) is 2.87. The molecule has 1 atom stereocenters. The number of hydrogen-bond donors (Lipinski definition) is 0. The van der Waals surface area contributed by atoms with Crippen LogP contribution >= 0.6 is 23.4 Å². The van der Waals surface area contributed by atoms with E-state index in [0.717, 1.165) is 12.2 Å². The lowest BCUT2D eigenvalue weighted by atomic mass is 10.3. The fraction of sp³-hybridized carbons (Fsp3) is 0.636. The van der Waals surface area contributed by atoms with Crippen molar-refractivity contribution in [1.29, 1.82) is 0 Å². The summed E-state index contributed by atoms with van der Waals surface area (Å²) in [5, 5.41) is 0.371. The van der Waals surface area contributed by atoms with Gasteiger partial charge in [-0.2, -0.15) is 16.1 Å². The fourth-order valence-electron chi connectivity index (χ4n) is 1.85. The highest BCUT2D eigenvalue weighted by Gasteiger charge is 2.32. The van der Waals surface area contributed by atoms with E-state index in [2.05, 4.69) is 6.92 Å². The minimum Gasteiger partial charge on any atom is -0.447 e. The van der Waals surface area contributed by atoms with Gasteiger partial charge in [-0.15, -0.1) is 11.6 Å². The van der Waals surface area contributed by atoms with Crippen LogP contribution in [-0.2, 0) is 15.9 Å². The highest BCUT2D eigenvalue weighted by atomic mass is 35.5. The van der Waals surface area contributed by atoms with E-state index in [4.69, 9.17) is 16.0 Å². The first-order valence-corrected chi connectivity index (χ1v) is 8.86. The summed E-state index contributed by atoms with van der Waals surface area (Å²) in [5.41, 5.74) is 0. The van der Waals surface area contributed by atoms with E-state index in [1.165, 1.54) is 10.4 Å². The molecule has 1 aliphatic rings. The van der Waals surface area contributed by atoms with Gasteiger partial charge >= 0.3 is 0 Å². The van der Waals surface area contributed by atoms with Crippen molar-refractivity contribution in [3.63, 3.8) is 0 Å². The Balaban J connectivity index is 2.19. The molecule has 0 saturated carbocycles. The van der Waals surface area contributed by atoms with E-state index in [9.17, 15) is 8.42 Å². The molecule has 102 valence electrons. The van der Waals surface area contributed by atoms with Gasteiger partial charge in [-0.1, -0.05) is 6.92 Å². The van der Waals surface area contributed by atoms with Crippen molar-refractivity contribution in [3.05, 3.63) is 17.9 Å². The minimum absolute atomic E-state index is 0.0000898. The Hall–Kier alpha value is -0.170. The second kappa shape index (κ2) is 5.86. The van der Waals surface area contributed by atoms with Gasteiger partial charge < -0.3 is 4.42 Å². The quantitative estimate of drug-likeness (QED) is 0.802. The summed E-state index contributed by atoms with van der Waals surface area (Å²) in [7, 11) is -3.50. The van der Waals surface area contributed by atoms with Crippen LogP contribution in [0, 0.1) is 0 Å². The van der Waals surface area contributed by atoms with Gasteiger partial charge in [0.25, 0.3) is 10.0 Å². The zero-order valence-electron chi connectivity index (χ0n) is 10.1. The Morgan fingerprint density at radius 3 is 2.94 bits per heavy atom. The Bertz CT molecular complexity index is 500. The third-order valence-corrected chi connectivity index (χ3v) is 6.29. The van der Waals surface area contributed by atoms with Gasteiger partial charge in [-0.3, -0.25) is 0 Å². The molecule has 0 N–H and O–H groups in total. The number of furan rings is 1. The summed E-state index contributed by atoms with van der Waals surface area (Å²) >= 11 is 7.45. The molecule has 1 unspecified atom stereocenters. The lowest BCUT2D eigenvalue weighted by Gasteiger charge is -2.30. The van der Waals surface area contributed by atoms with E-state index in [-0.39, 0.29) is 11.0 Å². The number of hydrogen-bond acceptors (Lipinski definition) is 4. The van der Waals surface area contributed by atoms with E-state index in [1.54, 1.807) is 6.07 Å². The SMILES string of the molecule is CCC1CN(S(=O)(=O)c2ccc(CCl)o2)CCS1. The van der Waals surface area contributed by atoms with Gasteiger partial charge in [-0.25, -0.2) is 8.42 Å². The van der Waals surface area contributed by atoms with Crippen molar-refractivity contribution in [1.82, 2.24) is 4.31 Å². The van der Waals surface area contributed by atoms with Gasteiger partial charge in [0.1, 0.15) is 5.76 Å². The zero-order chi connectivity index (χ0) is 13.2. The van der Waals surface area contributed by atoms with Crippen LogP contribution < -0.4 is 0 Å². The summed E-state index contributed by atoms with van der Waals surface area (Å²) in [6, 6.07) is 3.09. The number of rotatable bonds is 4. The molecular formula is C11H16ClNO3S2. The summed E-state index contributed by atoms with van der Waals surface area (Å²) in [6.45, 7) is 3.17. The van der Waals surface area contributed by atoms with Crippen molar-refractivity contribution < 1.29 is 12.8 Å². The Morgan fingerprint density at radius 1 is 1.56 bits per heavy atom. The summed E-state index contributed by atoms with van der Waals surface area (Å²) in [5.74, 6) is 1.50. The molecule has 0 aliphatic carbocycles. The molecule has 1 aromatic heterocycles. The third-order valence-electron chi connectivity index (χ3n) is 2.92. The molecule has 1 aliphatic heterocycles. The number of thioether (sulfide) groups is 1. The number of alkyl halides is 1. The molecule has 1 fully saturated rings. The first-order chi connectivity index (χ1) is 8.57. The summed E-state index contributed by atoms with van der Waals surface area (Å²) < 4.78 is 31.5. The molecule has 0 aromatic carbocycles. The van der Waals surface area contributed by atoms with Crippen LogP contribution in [0.15, 0.2) is 21.6 Å². The maximum Gasteiger partial charge on any atom is 0.276 e. The maximum absolute atomic E-state index is 12.4. The van der Waals surface area contributed by atoms with E-state index >= 15 is 0 Å². The summed E-state index contributed by atoms with van der Waals surface area (Å²) in [4.78, 5) is 0. The monoisotopic (exact) mass is 309 g/mol. The molecule has 0 bridgehead atoms. The zero-order valence-corrected chi connectivity index (χ0v) is 12.5. The van der Waals surface area contributed by atoms with E-state index in [1.807, 2.05) is 11.8 Å². The largest absolute Gasteiger partial charge is 0.447 e. The molecule has 0 amide bonds. The van der Waals surface area contributed by atoms with Crippen LogP contribution in [0.5, 0.6) is 0 Å². The molecule has 2 heterocycles. The molecule has 0 radical (unpaired) electrons. The second-order valence-electron chi connectivity index (χ2n) is 4.12. The molecule has 4 nitrogen and oxygen atoms in total. The standard InChI is InChI=1S/C11H16ClNO3S2/c1-2-10-8-13(5-6-17-10)18(14,15)11-4-3-9(7-12)16-11/h3-4,10H,2,5-8H2,1H3. The maximum atomic E-state index is 12.4. The highest BCUT2D eigenvalue weighted by Crippen LogP contribution is 2.27. The molecular weight excluding hydrogens is 294 g/mol. The van der Waals surface area contributed by atoms with Crippen LogP contribution in [-0.4, -0.2) is 36.8 Å². The Labute approximate surface area is 117 Å². The van der Waals surface area contributed by atoms with Gasteiger partial charge in [0.05, 0.1) is 5.88 Å². The molecule has 2 rings (SSSR count). The Morgan fingerprint density at radius 2 is 2.33 bits per heavy atom. The van der Waals surface area contributed by atoms with Gasteiger partial charge in [0, 0.05) is 24.1 Å². The molecule has 1 saturated heterocycles. The predicted octanol–water partition coefficient (Wildman–Crippen LogP) is 2.53. The normalized spacial score (nSPS) is 22.2. The molecule has 0 spiro atoms. The van der Waals surface area contributed by atoms with Crippen molar-refractivity contribution in [2.75, 3.05) is 18.8 Å². The van der Waals surface area contributed by atoms with Crippen LogP contribution in [0.3, 0.4) is 0 Å². The van der Waals surface area contributed by atoms with Crippen LogP contribution in [0.2, 0.25) is 0 Å². The summed E-state index contributed by atoms with van der Waals surface area (Å²) in [6.07, 6.45) is 0.974. The number of halogens is 1. The van der Waals surface area contributed by atoms with Crippen LogP contribution in [0.4, 0.5) is 0 Å². The average molecular weight is 310 g/mol. The first-order valence-electron chi connectivity index (χ1n) is 5.84. The van der Waals surface area contributed by atoms with Gasteiger partial charge in [0.2, 0.25) is 5.09 Å². The highest BCUT2D eigenvalue weighted by molar-refractivity contribution is 8.00. The van der Waals surface area contributed by atoms with Crippen molar-refractivity contribution in [3.8, 4) is 0 Å². The topological polar surface area (TPSA) is 50.5 Å². The second-order valence-corrected chi connectivity index (χ2v) is 7.66. The van der Waals surface area contributed by atoms with Crippen molar-refractivity contribution in [2.24, 2.45) is 0 Å². The fourth-order valence-corrected chi connectivity index (χ4v) is 4.80. The van der Waals surface area contributed by atoms with E-state index in [0.29, 0.717) is 24.1 Å². The predicted molar refractivity (Wildman–Crippen MR) is 73.6 cm³/mol. The lowest BCUT2D eigenvalue weighted by Crippen LogP contribution is -2.41. The molecule has 7 heteroatoms. The number of nitrogens with zero attached hydrogens (tertiary/aromatic N) is 1. The first kappa shape index (κ1) is 14.2.